The first-order valence-corrected chi connectivity index (χ1v) is 9.96. The van der Waals surface area contributed by atoms with E-state index in [9.17, 15) is 23.1 Å². The van der Waals surface area contributed by atoms with Crippen molar-refractivity contribution in [2.45, 2.75) is 24.9 Å². The Morgan fingerprint density at radius 1 is 1.19 bits per heavy atom. The van der Waals surface area contributed by atoms with E-state index in [1.165, 1.54) is 17.2 Å². The number of benzene rings is 1. The number of piperidine rings is 1. The normalized spacial score (nSPS) is 15.2. The zero-order valence-electron chi connectivity index (χ0n) is 17.2. The Morgan fingerprint density at radius 2 is 1.91 bits per heavy atom. The fraction of sp³-hybridized carbons (Fsp3) is 0.333. The van der Waals surface area contributed by atoms with Crippen molar-refractivity contribution in [1.82, 2.24) is 24.4 Å². The number of rotatable bonds is 3. The maximum absolute atomic E-state index is 13.3. The van der Waals surface area contributed by atoms with Gasteiger partial charge in [-0.25, -0.2) is 19.7 Å². The van der Waals surface area contributed by atoms with Crippen LogP contribution in [0.2, 0.25) is 0 Å². The number of halogens is 3. The zero-order chi connectivity index (χ0) is 23.0. The molecule has 1 aromatic carbocycles. The average molecular weight is 446 g/mol. The van der Waals surface area contributed by atoms with Gasteiger partial charge in [-0.05, 0) is 31.0 Å². The van der Waals surface area contributed by atoms with Gasteiger partial charge in [0.15, 0.2) is 0 Å². The van der Waals surface area contributed by atoms with Crippen LogP contribution in [0.1, 0.15) is 30.1 Å². The molecule has 0 radical (unpaired) electrons. The molecule has 1 amide bonds. The molecule has 0 bridgehead atoms. The standard InChI is InChI=1S/C21H21F3N6O2/c1-29-17(15-5-8-26-19(25)27-15)16(13-3-2-4-14(11-13)21(22,23)24)28-18(29)12-6-9-30(10-7-12)20(31)32/h2-5,8,11-12H,6-7,9-10H2,1H3,(H,31,32)(H2,25,26,27). The number of carboxylic acid groups (broad SMARTS) is 1. The first-order valence-electron chi connectivity index (χ1n) is 9.96. The summed E-state index contributed by atoms with van der Waals surface area (Å²) in [5, 5.41) is 9.20. The molecule has 1 aliphatic rings. The fourth-order valence-corrected chi connectivity index (χ4v) is 4.05. The van der Waals surface area contributed by atoms with Crippen LogP contribution in [-0.2, 0) is 13.2 Å². The van der Waals surface area contributed by atoms with Gasteiger partial charge in [0.1, 0.15) is 5.82 Å². The third kappa shape index (κ3) is 4.10. The van der Waals surface area contributed by atoms with Crippen LogP contribution >= 0.6 is 0 Å². The Morgan fingerprint density at radius 3 is 2.53 bits per heavy atom. The number of aromatic nitrogens is 4. The van der Waals surface area contributed by atoms with E-state index in [2.05, 4.69) is 9.97 Å². The van der Waals surface area contributed by atoms with E-state index in [0.29, 0.717) is 54.4 Å². The van der Waals surface area contributed by atoms with Crippen LogP contribution in [0, 0.1) is 0 Å². The maximum Gasteiger partial charge on any atom is 0.416 e. The number of carbonyl (C=O) groups is 1. The smallest absolute Gasteiger partial charge is 0.416 e. The summed E-state index contributed by atoms with van der Waals surface area (Å²) in [7, 11) is 1.77. The average Bonchev–Trinajstić information content (AvgIpc) is 3.10. The maximum atomic E-state index is 13.3. The number of nitrogen functional groups attached to an aromatic ring is 1. The first-order chi connectivity index (χ1) is 15.1. The number of alkyl halides is 3. The van der Waals surface area contributed by atoms with E-state index < -0.39 is 17.8 Å². The largest absolute Gasteiger partial charge is 0.465 e. The first kappa shape index (κ1) is 21.6. The van der Waals surface area contributed by atoms with Gasteiger partial charge in [0.25, 0.3) is 0 Å². The van der Waals surface area contributed by atoms with Crippen molar-refractivity contribution in [2.24, 2.45) is 7.05 Å². The van der Waals surface area contributed by atoms with Gasteiger partial charge in [-0.15, -0.1) is 0 Å². The molecule has 1 aliphatic heterocycles. The molecule has 11 heteroatoms. The van der Waals surface area contributed by atoms with Crippen LogP contribution < -0.4 is 5.73 Å². The van der Waals surface area contributed by atoms with Crippen LogP contribution in [0.3, 0.4) is 0 Å². The second-order valence-corrected chi connectivity index (χ2v) is 7.65. The number of likely N-dealkylation sites (tertiary alicyclic amines) is 1. The van der Waals surface area contributed by atoms with Crippen LogP contribution in [0.4, 0.5) is 23.9 Å². The lowest BCUT2D eigenvalue weighted by atomic mass is 9.96. The molecule has 0 atom stereocenters. The summed E-state index contributed by atoms with van der Waals surface area (Å²) in [6.45, 7) is 0.725. The molecule has 2 aromatic heterocycles. The number of nitrogens with two attached hydrogens (primary N) is 1. The van der Waals surface area contributed by atoms with Crippen molar-refractivity contribution >= 4 is 12.0 Å². The van der Waals surface area contributed by atoms with Gasteiger partial charge < -0.3 is 20.3 Å². The highest BCUT2D eigenvalue weighted by Crippen LogP contribution is 2.38. The van der Waals surface area contributed by atoms with Crippen LogP contribution in [0.15, 0.2) is 36.5 Å². The van der Waals surface area contributed by atoms with Gasteiger partial charge in [0, 0.05) is 37.8 Å². The summed E-state index contributed by atoms with van der Waals surface area (Å²) in [5.74, 6) is 0.651. The monoisotopic (exact) mass is 446 g/mol. The lowest BCUT2D eigenvalue weighted by Gasteiger charge is -2.29. The molecular weight excluding hydrogens is 425 g/mol. The van der Waals surface area contributed by atoms with E-state index in [0.717, 1.165) is 12.1 Å². The molecule has 1 saturated heterocycles. The highest BCUT2D eigenvalue weighted by atomic mass is 19.4. The van der Waals surface area contributed by atoms with Gasteiger partial charge in [0.05, 0.1) is 22.6 Å². The topological polar surface area (TPSA) is 110 Å². The lowest BCUT2D eigenvalue weighted by molar-refractivity contribution is -0.137. The predicted molar refractivity (Wildman–Crippen MR) is 111 cm³/mol. The number of hydrogen-bond acceptors (Lipinski definition) is 5. The van der Waals surface area contributed by atoms with E-state index in [1.807, 2.05) is 0 Å². The molecule has 0 saturated carbocycles. The summed E-state index contributed by atoms with van der Waals surface area (Å²) >= 11 is 0. The Bertz CT molecular complexity index is 1150. The van der Waals surface area contributed by atoms with Gasteiger partial charge in [-0.3, -0.25) is 0 Å². The number of imidazole rings is 1. The van der Waals surface area contributed by atoms with Crippen molar-refractivity contribution < 1.29 is 23.1 Å². The number of nitrogens with zero attached hydrogens (tertiary/aromatic N) is 5. The minimum absolute atomic E-state index is 0.0370. The fourth-order valence-electron chi connectivity index (χ4n) is 4.05. The molecule has 32 heavy (non-hydrogen) atoms. The summed E-state index contributed by atoms with van der Waals surface area (Å²) in [6, 6.07) is 6.62. The Labute approximate surface area is 181 Å². The Kier molecular flexibility index (Phi) is 5.49. The van der Waals surface area contributed by atoms with Gasteiger partial charge >= 0.3 is 12.3 Å². The minimum Gasteiger partial charge on any atom is -0.465 e. The Hall–Kier alpha value is -3.63. The van der Waals surface area contributed by atoms with E-state index in [4.69, 9.17) is 10.7 Å². The van der Waals surface area contributed by atoms with Gasteiger partial charge in [-0.2, -0.15) is 13.2 Å². The molecular formula is C21H21F3N6O2. The van der Waals surface area contributed by atoms with Gasteiger partial charge in [0.2, 0.25) is 5.95 Å². The van der Waals surface area contributed by atoms with Crippen molar-refractivity contribution in [3.8, 4) is 22.6 Å². The Balaban J connectivity index is 1.82. The zero-order valence-corrected chi connectivity index (χ0v) is 17.2. The molecule has 8 nitrogen and oxygen atoms in total. The third-order valence-corrected chi connectivity index (χ3v) is 5.64. The molecule has 3 heterocycles. The third-order valence-electron chi connectivity index (χ3n) is 5.64. The summed E-state index contributed by atoms with van der Waals surface area (Å²) in [4.78, 5) is 25.4. The number of hydrogen-bond donors (Lipinski definition) is 2. The van der Waals surface area contributed by atoms with Gasteiger partial charge in [-0.1, -0.05) is 12.1 Å². The molecule has 0 aliphatic carbocycles. The highest BCUT2D eigenvalue weighted by molar-refractivity contribution is 5.78. The molecule has 1 fully saturated rings. The lowest BCUT2D eigenvalue weighted by Crippen LogP contribution is -2.37. The van der Waals surface area contributed by atoms with Crippen molar-refractivity contribution in [3.05, 3.63) is 47.9 Å². The molecule has 3 aromatic rings. The van der Waals surface area contributed by atoms with Crippen LogP contribution in [0.5, 0.6) is 0 Å². The van der Waals surface area contributed by atoms with Crippen molar-refractivity contribution in [1.29, 1.82) is 0 Å². The molecule has 4 rings (SSSR count). The van der Waals surface area contributed by atoms with Crippen molar-refractivity contribution in [3.63, 3.8) is 0 Å². The van der Waals surface area contributed by atoms with Crippen LogP contribution in [0.25, 0.3) is 22.6 Å². The second-order valence-electron chi connectivity index (χ2n) is 7.65. The number of amides is 1. The second kappa shape index (κ2) is 8.13. The van der Waals surface area contributed by atoms with Crippen LogP contribution in [-0.4, -0.2) is 48.7 Å². The predicted octanol–water partition coefficient (Wildman–Crippen LogP) is 4.00. The molecule has 0 spiro atoms. The SMILES string of the molecule is Cn1c(C2CCN(C(=O)O)CC2)nc(-c2cccc(C(F)(F)F)c2)c1-c1ccnc(N)n1. The molecule has 168 valence electrons. The number of anilines is 1. The minimum atomic E-state index is -4.49. The molecule has 3 N–H and O–H groups in total. The van der Waals surface area contributed by atoms with E-state index >= 15 is 0 Å². The van der Waals surface area contributed by atoms with E-state index in [1.54, 1.807) is 23.7 Å². The quantitative estimate of drug-likeness (QED) is 0.629. The summed E-state index contributed by atoms with van der Waals surface area (Å²) < 4.78 is 41.8. The molecule has 0 unspecified atom stereocenters. The highest BCUT2D eigenvalue weighted by Gasteiger charge is 2.32. The summed E-state index contributed by atoms with van der Waals surface area (Å²) in [6.07, 6.45) is -2.86. The van der Waals surface area contributed by atoms with Crippen molar-refractivity contribution in [2.75, 3.05) is 18.8 Å². The summed E-state index contributed by atoms with van der Waals surface area (Å²) in [5.41, 5.74) is 6.59. The van der Waals surface area contributed by atoms with E-state index in [-0.39, 0.29) is 11.9 Å².